The second kappa shape index (κ2) is 5.97. The zero-order valence-electron chi connectivity index (χ0n) is 10.3. The zero-order valence-corrected chi connectivity index (χ0v) is 10.3. The summed E-state index contributed by atoms with van der Waals surface area (Å²) in [7, 11) is 1.66. The third kappa shape index (κ3) is 3.18. The summed E-state index contributed by atoms with van der Waals surface area (Å²) < 4.78 is 5.11. The predicted octanol–water partition coefficient (Wildman–Crippen LogP) is 1.56. The van der Waals surface area contributed by atoms with Gasteiger partial charge in [0.15, 0.2) is 0 Å². The minimum atomic E-state index is 0.345. The van der Waals surface area contributed by atoms with E-state index in [0.29, 0.717) is 18.9 Å². The maximum atomic E-state index is 5.49. The van der Waals surface area contributed by atoms with Crippen LogP contribution in [0.15, 0.2) is 36.5 Å². The maximum absolute atomic E-state index is 5.49. The van der Waals surface area contributed by atoms with Gasteiger partial charge in [-0.3, -0.25) is 0 Å². The third-order valence-corrected chi connectivity index (χ3v) is 2.52. The van der Waals surface area contributed by atoms with Gasteiger partial charge in [0, 0.05) is 12.7 Å². The topological polar surface area (TPSA) is 73.1 Å². The van der Waals surface area contributed by atoms with Crippen molar-refractivity contribution in [2.75, 3.05) is 12.4 Å². The number of hydrogen-bond acceptors (Lipinski definition) is 5. The van der Waals surface area contributed by atoms with E-state index in [9.17, 15) is 0 Å². The predicted molar refractivity (Wildman–Crippen MR) is 70.2 cm³/mol. The van der Waals surface area contributed by atoms with Gasteiger partial charge in [-0.05, 0) is 23.8 Å². The highest BCUT2D eigenvalue weighted by Gasteiger charge is 1.98. The first-order chi connectivity index (χ1) is 8.81. The van der Waals surface area contributed by atoms with E-state index in [2.05, 4.69) is 15.3 Å². The summed E-state index contributed by atoms with van der Waals surface area (Å²) in [6.45, 7) is 1.04. The number of nitrogens with two attached hydrogens (primary N) is 1. The fraction of sp³-hybridized carbons (Fsp3) is 0.231. The van der Waals surface area contributed by atoms with Crippen LogP contribution in [0.3, 0.4) is 0 Å². The maximum Gasteiger partial charge on any atom is 0.144 e. The van der Waals surface area contributed by atoms with Gasteiger partial charge in [-0.1, -0.05) is 12.1 Å². The molecule has 5 heteroatoms. The molecular formula is C13H16N4O. The lowest BCUT2D eigenvalue weighted by Crippen LogP contribution is -2.07. The van der Waals surface area contributed by atoms with Gasteiger partial charge in [-0.2, -0.15) is 0 Å². The van der Waals surface area contributed by atoms with E-state index < -0.39 is 0 Å². The number of methoxy groups -OCH3 is 1. The van der Waals surface area contributed by atoms with Crippen LogP contribution in [0.1, 0.15) is 11.4 Å². The van der Waals surface area contributed by atoms with Gasteiger partial charge in [-0.15, -0.1) is 0 Å². The molecule has 0 aliphatic heterocycles. The minimum Gasteiger partial charge on any atom is -0.497 e. The van der Waals surface area contributed by atoms with Crippen LogP contribution >= 0.6 is 0 Å². The van der Waals surface area contributed by atoms with Crippen molar-refractivity contribution in [2.24, 2.45) is 5.73 Å². The number of rotatable bonds is 5. The highest BCUT2D eigenvalue weighted by molar-refractivity contribution is 5.35. The molecule has 0 saturated carbocycles. The molecule has 0 fully saturated rings. The number of nitrogens with zero attached hydrogens (tertiary/aromatic N) is 2. The summed E-state index contributed by atoms with van der Waals surface area (Å²) >= 11 is 0. The highest BCUT2D eigenvalue weighted by Crippen LogP contribution is 2.12. The minimum absolute atomic E-state index is 0.345. The smallest absolute Gasteiger partial charge is 0.144 e. The molecule has 0 saturated heterocycles. The van der Waals surface area contributed by atoms with Crippen molar-refractivity contribution in [1.82, 2.24) is 9.97 Å². The molecule has 5 nitrogen and oxygen atoms in total. The molecule has 3 N–H and O–H groups in total. The van der Waals surface area contributed by atoms with Crippen LogP contribution in [-0.2, 0) is 13.1 Å². The molecule has 94 valence electrons. The fourth-order valence-electron chi connectivity index (χ4n) is 1.53. The Hall–Kier alpha value is -2.14. The lowest BCUT2D eigenvalue weighted by atomic mass is 10.2. The van der Waals surface area contributed by atoms with Crippen molar-refractivity contribution in [3.8, 4) is 5.75 Å². The normalized spacial score (nSPS) is 10.1. The van der Waals surface area contributed by atoms with Crippen LogP contribution in [0.5, 0.6) is 5.75 Å². The Morgan fingerprint density at radius 2 is 2.00 bits per heavy atom. The average molecular weight is 244 g/mol. The summed E-state index contributed by atoms with van der Waals surface area (Å²) in [5.41, 5.74) is 6.65. The largest absolute Gasteiger partial charge is 0.497 e. The van der Waals surface area contributed by atoms with Crippen molar-refractivity contribution in [2.45, 2.75) is 13.1 Å². The molecule has 1 heterocycles. The SMILES string of the molecule is COc1ccc(CNc2ccnc(CN)n2)cc1. The zero-order chi connectivity index (χ0) is 12.8. The Morgan fingerprint density at radius 3 is 2.67 bits per heavy atom. The van der Waals surface area contributed by atoms with E-state index >= 15 is 0 Å². The molecule has 0 aliphatic rings. The Labute approximate surface area is 106 Å². The standard InChI is InChI=1S/C13H16N4O/c1-18-11-4-2-10(3-5-11)9-16-12-6-7-15-13(8-14)17-12/h2-7H,8-9,14H2,1H3,(H,15,16,17). The monoisotopic (exact) mass is 244 g/mol. The highest BCUT2D eigenvalue weighted by atomic mass is 16.5. The first-order valence-electron chi connectivity index (χ1n) is 5.70. The molecule has 0 spiro atoms. The van der Waals surface area contributed by atoms with Crippen LogP contribution in [0.4, 0.5) is 5.82 Å². The first kappa shape index (κ1) is 12.3. The molecule has 0 radical (unpaired) electrons. The molecule has 1 aromatic heterocycles. The summed E-state index contributed by atoms with van der Waals surface area (Å²) in [5.74, 6) is 2.27. The van der Waals surface area contributed by atoms with Crippen molar-refractivity contribution in [1.29, 1.82) is 0 Å². The first-order valence-corrected chi connectivity index (χ1v) is 5.70. The molecule has 2 aromatic rings. The second-order valence-corrected chi connectivity index (χ2v) is 3.76. The number of aromatic nitrogens is 2. The van der Waals surface area contributed by atoms with Crippen molar-refractivity contribution in [3.05, 3.63) is 47.9 Å². The Balaban J connectivity index is 1.97. The van der Waals surface area contributed by atoms with Crippen molar-refractivity contribution >= 4 is 5.82 Å². The number of benzene rings is 1. The fourth-order valence-corrected chi connectivity index (χ4v) is 1.53. The van der Waals surface area contributed by atoms with Crippen LogP contribution in [0.2, 0.25) is 0 Å². The molecule has 0 amide bonds. The van der Waals surface area contributed by atoms with Gasteiger partial charge in [0.05, 0.1) is 13.7 Å². The second-order valence-electron chi connectivity index (χ2n) is 3.76. The molecule has 1 aromatic carbocycles. The Kier molecular flexibility index (Phi) is 4.09. The third-order valence-electron chi connectivity index (χ3n) is 2.52. The van der Waals surface area contributed by atoms with Gasteiger partial charge in [-0.25, -0.2) is 9.97 Å². The molecule has 18 heavy (non-hydrogen) atoms. The number of nitrogens with one attached hydrogen (secondary N) is 1. The van der Waals surface area contributed by atoms with Gasteiger partial charge < -0.3 is 15.8 Å². The summed E-state index contributed by atoms with van der Waals surface area (Å²) in [6.07, 6.45) is 1.70. The van der Waals surface area contributed by atoms with E-state index in [1.807, 2.05) is 30.3 Å². The van der Waals surface area contributed by atoms with Gasteiger partial charge >= 0.3 is 0 Å². The lowest BCUT2D eigenvalue weighted by molar-refractivity contribution is 0.414. The summed E-state index contributed by atoms with van der Waals surface area (Å²) in [6, 6.07) is 9.71. The molecular weight excluding hydrogens is 228 g/mol. The van der Waals surface area contributed by atoms with E-state index in [-0.39, 0.29) is 0 Å². The van der Waals surface area contributed by atoms with Crippen molar-refractivity contribution in [3.63, 3.8) is 0 Å². The number of ether oxygens (including phenoxy) is 1. The van der Waals surface area contributed by atoms with E-state index in [0.717, 1.165) is 17.1 Å². The Bertz CT molecular complexity index is 499. The average Bonchev–Trinajstić information content (AvgIpc) is 2.46. The van der Waals surface area contributed by atoms with E-state index in [1.54, 1.807) is 13.3 Å². The summed E-state index contributed by atoms with van der Waals surface area (Å²) in [5, 5.41) is 3.23. The van der Waals surface area contributed by atoms with E-state index in [4.69, 9.17) is 10.5 Å². The van der Waals surface area contributed by atoms with Crippen LogP contribution in [0.25, 0.3) is 0 Å². The van der Waals surface area contributed by atoms with Crippen LogP contribution in [-0.4, -0.2) is 17.1 Å². The molecule has 0 bridgehead atoms. The number of anilines is 1. The molecule has 0 unspecified atom stereocenters. The van der Waals surface area contributed by atoms with Gasteiger partial charge in [0.2, 0.25) is 0 Å². The Morgan fingerprint density at radius 1 is 1.22 bits per heavy atom. The quantitative estimate of drug-likeness (QED) is 0.835. The van der Waals surface area contributed by atoms with E-state index in [1.165, 1.54) is 0 Å². The van der Waals surface area contributed by atoms with Crippen molar-refractivity contribution < 1.29 is 4.74 Å². The van der Waals surface area contributed by atoms with Gasteiger partial charge in [0.25, 0.3) is 0 Å². The molecule has 0 atom stereocenters. The summed E-state index contributed by atoms with van der Waals surface area (Å²) in [4.78, 5) is 8.31. The van der Waals surface area contributed by atoms with Crippen LogP contribution in [0, 0.1) is 0 Å². The lowest BCUT2D eigenvalue weighted by Gasteiger charge is -2.07. The molecule has 0 aliphatic carbocycles. The van der Waals surface area contributed by atoms with Gasteiger partial charge in [0.1, 0.15) is 17.4 Å². The van der Waals surface area contributed by atoms with Crippen LogP contribution < -0.4 is 15.8 Å². The number of hydrogen-bond donors (Lipinski definition) is 2. The molecule has 2 rings (SSSR count).